The van der Waals surface area contributed by atoms with Crippen molar-refractivity contribution in [2.24, 2.45) is 5.92 Å². The van der Waals surface area contributed by atoms with Crippen molar-refractivity contribution in [2.75, 3.05) is 55.2 Å². The molecule has 1 saturated heterocycles. The summed E-state index contributed by atoms with van der Waals surface area (Å²) in [5.74, 6) is 1.09. The van der Waals surface area contributed by atoms with Crippen molar-refractivity contribution in [3.8, 4) is 0 Å². The van der Waals surface area contributed by atoms with Crippen molar-refractivity contribution in [2.45, 2.75) is 40.0 Å². The fraction of sp³-hybridized carbons (Fsp3) is 0.765. The maximum absolute atomic E-state index is 11.5. The van der Waals surface area contributed by atoms with Crippen LogP contribution in [-0.2, 0) is 0 Å². The van der Waals surface area contributed by atoms with E-state index >= 15 is 0 Å². The van der Waals surface area contributed by atoms with Crippen molar-refractivity contribution >= 4 is 23.3 Å². The molecule has 0 spiro atoms. The molecule has 0 bridgehead atoms. The molecule has 3 N–H and O–H groups in total. The highest BCUT2D eigenvalue weighted by molar-refractivity contribution is 5.71. The molecule has 0 saturated carbocycles. The second-order valence-corrected chi connectivity index (χ2v) is 6.86. The summed E-state index contributed by atoms with van der Waals surface area (Å²) < 4.78 is 0. The number of nitrogen functional groups attached to an aromatic ring is 1. The van der Waals surface area contributed by atoms with Gasteiger partial charge in [-0.05, 0) is 44.8 Å². The molecule has 0 radical (unpaired) electrons. The molecule has 2 heterocycles. The van der Waals surface area contributed by atoms with E-state index < -0.39 is 4.92 Å². The number of aromatic nitrogens is 2. The Morgan fingerprint density at radius 1 is 1.38 bits per heavy atom. The molecule has 1 aromatic rings. The van der Waals surface area contributed by atoms with Crippen LogP contribution in [-0.4, -0.2) is 59.1 Å². The molecule has 1 aliphatic rings. The van der Waals surface area contributed by atoms with Crippen LogP contribution in [0.15, 0.2) is 0 Å². The molecule has 146 valence electrons. The fourth-order valence-corrected chi connectivity index (χ4v) is 3.36. The number of nitro groups is 1. The van der Waals surface area contributed by atoms with Crippen molar-refractivity contribution in [1.82, 2.24) is 14.9 Å². The van der Waals surface area contributed by atoms with Gasteiger partial charge < -0.3 is 20.9 Å². The van der Waals surface area contributed by atoms with Crippen molar-refractivity contribution in [3.63, 3.8) is 0 Å². The minimum atomic E-state index is -0.478. The van der Waals surface area contributed by atoms with Crippen molar-refractivity contribution in [1.29, 1.82) is 0 Å². The Morgan fingerprint density at radius 3 is 2.73 bits per heavy atom. The van der Waals surface area contributed by atoms with Crippen LogP contribution >= 0.6 is 0 Å². The zero-order valence-electron chi connectivity index (χ0n) is 16.1. The van der Waals surface area contributed by atoms with Crippen LogP contribution in [0.2, 0.25) is 0 Å². The third kappa shape index (κ3) is 5.17. The zero-order valence-corrected chi connectivity index (χ0v) is 16.1. The Morgan fingerprint density at radius 2 is 2.12 bits per heavy atom. The van der Waals surface area contributed by atoms with Gasteiger partial charge >= 0.3 is 5.69 Å². The van der Waals surface area contributed by atoms with E-state index in [2.05, 4.69) is 41.0 Å². The standard InChI is InChI=1S/C17H31N7O2/c1-4-22(5-2)10-7-9-19-17-20-15(18)14(24(25)26)16(21-17)23-11-6-8-13(3)12-23/h13H,4-12H2,1-3H3,(H3,18,19,20,21)/t13-/m1/s1. The monoisotopic (exact) mass is 365 g/mol. The number of nitrogens with two attached hydrogens (primary N) is 1. The van der Waals surface area contributed by atoms with Crippen molar-refractivity contribution in [3.05, 3.63) is 10.1 Å². The lowest BCUT2D eigenvalue weighted by atomic mass is 10.0. The lowest BCUT2D eigenvalue weighted by Gasteiger charge is -2.31. The van der Waals surface area contributed by atoms with Gasteiger partial charge in [-0.3, -0.25) is 10.1 Å². The molecule has 1 atom stereocenters. The molecule has 0 amide bonds. The molecule has 1 aromatic heterocycles. The third-order valence-corrected chi connectivity index (χ3v) is 4.86. The summed E-state index contributed by atoms with van der Waals surface area (Å²) in [6.45, 7) is 11.7. The Hall–Kier alpha value is -2.16. The number of hydrogen-bond donors (Lipinski definition) is 2. The van der Waals surface area contributed by atoms with Crippen LogP contribution < -0.4 is 16.0 Å². The third-order valence-electron chi connectivity index (χ3n) is 4.86. The average molecular weight is 365 g/mol. The van der Waals surface area contributed by atoms with Gasteiger partial charge in [0.2, 0.25) is 17.6 Å². The van der Waals surface area contributed by atoms with E-state index in [0.717, 1.165) is 52.0 Å². The molecule has 9 nitrogen and oxygen atoms in total. The number of hydrogen-bond acceptors (Lipinski definition) is 8. The lowest BCUT2D eigenvalue weighted by molar-refractivity contribution is -0.383. The summed E-state index contributed by atoms with van der Waals surface area (Å²) in [5, 5.41) is 14.6. The topological polar surface area (TPSA) is 113 Å². The highest BCUT2D eigenvalue weighted by atomic mass is 16.6. The first-order valence-electron chi connectivity index (χ1n) is 9.49. The van der Waals surface area contributed by atoms with E-state index in [4.69, 9.17) is 5.73 Å². The van der Waals surface area contributed by atoms with Gasteiger partial charge in [0.15, 0.2) is 0 Å². The van der Waals surface area contributed by atoms with Crippen LogP contribution in [0.5, 0.6) is 0 Å². The number of piperidine rings is 1. The van der Waals surface area contributed by atoms with E-state index in [9.17, 15) is 10.1 Å². The van der Waals surface area contributed by atoms with Gasteiger partial charge in [0.1, 0.15) is 0 Å². The quantitative estimate of drug-likeness (QED) is 0.389. The van der Waals surface area contributed by atoms with Gasteiger partial charge in [-0.25, -0.2) is 0 Å². The molecule has 2 rings (SSSR count). The van der Waals surface area contributed by atoms with E-state index in [1.54, 1.807) is 0 Å². The zero-order chi connectivity index (χ0) is 19.1. The summed E-state index contributed by atoms with van der Waals surface area (Å²) in [6.07, 6.45) is 3.06. The predicted molar refractivity (Wildman–Crippen MR) is 105 cm³/mol. The summed E-state index contributed by atoms with van der Waals surface area (Å²) >= 11 is 0. The van der Waals surface area contributed by atoms with Gasteiger partial charge in [0, 0.05) is 19.6 Å². The number of anilines is 3. The maximum Gasteiger partial charge on any atom is 0.353 e. The first-order valence-corrected chi connectivity index (χ1v) is 9.49. The van der Waals surface area contributed by atoms with Crippen LogP contribution in [0, 0.1) is 16.0 Å². The first kappa shape index (κ1) is 20.2. The van der Waals surface area contributed by atoms with E-state index in [1.165, 1.54) is 0 Å². The van der Waals surface area contributed by atoms with Gasteiger partial charge in [-0.15, -0.1) is 0 Å². The Balaban J connectivity index is 2.12. The van der Waals surface area contributed by atoms with Crippen LogP contribution in [0.4, 0.5) is 23.3 Å². The second-order valence-electron chi connectivity index (χ2n) is 6.86. The van der Waals surface area contributed by atoms with Crippen molar-refractivity contribution < 1.29 is 4.92 Å². The van der Waals surface area contributed by atoms with Gasteiger partial charge in [0.05, 0.1) is 4.92 Å². The Bertz CT molecular complexity index is 607. The largest absolute Gasteiger partial charge is 0.378 e. The summed E-state index contributed by atoms with van der Waals surface area (Å²) in [4.78, 5) is 23.8. The summed E-state index contributed by atoms with van der Waals surface area (Å²) in [7, 11) is 0. The van der Waals surface area contributed by atoms with E-state index in [1.807, 2.05) is 4.90 Å². The average Bonchev–Trinajstić information content (AvgIpc) is 2.61. The molecule has 9 heteroatoms. The fourth-order valence-electron chi connectivity index (χ4n) is 3.36. The highest BCUT2D eigenvalue weighted by Crippen LogP contribution is 2.34. The summed E-state index contributed by atoms with van der Waals surface area (Å²) in [6, 6.07) is 0. The summed E-state index contributed by atoms with van der Waals surface area (Å²) in [5.41, 5.74) is 5.71. The Kier molecular flexibility index (Phi) is 7.38. The number of nitrogens with zero attached hydrogens (tertiary/aromatic N) is 5. The molecule has 26 heavy (non-hydrogen) atoms. The smallest absolute Gasteiger partial charge is 0.353 e. The minimum Gasteiger partial charge on any atom is -0.378 e. The number of rotatable bonds is 9. The molecule has 1 aliphatic heterocycles. The molecule has 0 aromatic carbocycles. The number of nitrogens with one attached hydrogen (secondary N) is 1. The lowest BCUT2D eigenvalue weighted by Crippen LogP contribution is -2.35. The molecule has 0 unspecified atom stereocenters. The van der Waals surface area contributed by atoms with Crippen LogP contribution in [0.25, 0.3) is 0 Å². The van der Waals surface area contributed by atoms with E-state index in [0.29, 0.717) is 24.2 Å². The van der Waals surface area contributed by atoms with Crippen LogP contribution in [0.3, 0.4) is 0 Å². The Labute approximate surface area is 155 Å². The van der Waals surface area contributed by atoms with Gasteiger partial charge in [-0.1, -0.05) is 20.8 Å². The predicted octanol–water partition coefficient (Wildman–Crippen LogP) is 2.35. The molecular weight excluding hydrogens is 334 g/mol. The van der Waals surface area contributed by atoms with Gasteiger partial charge in [-0.2, -0.15) is 9.97 Å². The highest BCUT2D eigenvalue weighted by Gasteiger charge is 2.29. The SMILES string of the molecule is CCN(CC)CCCNc1nc(N)c([N+](=O)[O-])c(N2CCC[C@@H](C)C2)n1. The molecule has 0 aliphatic carbocycles. The molecular formula is C17H31N7O2. The molecule has 1 fully saturated rings. The normalized spacial score (nSPS) is 17.5. The first-order chi connectivity index (χ1) is 12.5. The van der Waals surface area contributed by atoms with Gasteiger partial charge in [0.25, 0.3) is 0 Å². The van der Waals surface area contributed by atoms with Crippen LogP contribution in [0.1, 0.15) is 40.0 Å². The second kappa shape index (κ2) is 9.51. The minimum absolute atomic E-state index is 0.0792. The maximum atomic E-state index is 11.5. The van der Waals surface area contributed by atoms with E-state index in [-0.39, 0.29) is 11.5 Å².